The highest BCUT2D eigenvalue weighted by molar-refractivity contribution is 7.97. The lowest BCUT2D eigenvalue weighted by molar-refractivity contribution is 1.33. The largest absolute Gasteiger partial charge is 0.384 e. The zero-order chi connectivity index (χ0) is 13.7. The minimum absolute atomic E-state index is 0.130. The van der Waals surface area contributed by atoms with Crippen LogP contribution >= 0.6 is 11.8 Å². The molecule has 0 heterocycles. The predicted octanol–water partition coefficient (Wildman–Crippen LogP) is 3.71. The molecule has 2 rings (SSSR count). The van der Waals surface area contributed by atoms with Gasteiger partial charge in [-0.15, -0.1) is 0 Å². The van der Waals surface area contributed by atoms with Crippen LogP contribution in [0.25, 0.3) is 0 Å². The SMILES string of the molecule is Cc1cccc(CSCc2cccc(C(=N)N)c2)c1. The lowest BCUT2D eigenvalue weighted by Crippen LogP contribution is -2.10. The van der Waals surface area contributed by atoms with Crippen LogP contribution in [-0.4, -0.2) is 5.84 Å². The summed E-state index contributed by atoms with van der Waals surface area (Å²) in [6.45, 7) is 2.12. The number of nitrogen functional groups attached to an aromatic ring is 1. The van der Waals surface area contributed by atoms with E-state index in [-0.39, 0.29) is 5.84 Å². The average Bonchev–Trinajstić information content (AvgIpc) is 2.39. The van der Waals surface area contributed by atoms with Crippen LogP contribution in [0.15, 0.2) is 48.5 Å². The third kappa shape index (κ3) is 4.14. The van der Waals surface area contributed by atoms with Gasteiger partial charge in [-0.1, -0.05) is 48.0 Å². The summed E-state index contributed by atoms with van der Waals surface area (Å²) in [7, 11) is 0. The smallest absolute Gasteiger partial charge is 0.122 e. The van der Waals surface area contributed by atoms with Crippen LogP contribution < -0.4 is 5.73 Å². The van der Waals surface area contributed by atoms with E-state index < -0.39 is 0 Å². The quantitative estimate of drug-likeness (QED) is 0.642. The Bertz CT molecular complexity index is 578. The first-order chi connectivity index (χ1) is 9.15. The van der Waals surface area contributed by atoms with Gasteiger partial charge >= 0.3 is 0 Å². The number of hydrogen-bond donors (Lipinski definition) is 2. The highest BCUT2D eigenvalue weighted by Crippen LogP contribution is 2.19. The Morgan fingerprint density at radius 3 is 2.32 bits per heavy atom. The van der Waals surface area contributed by atoms with E-state index >= 15 is 0 Å². The van der Waals surface area contributed by atoms with Crippen molar-refractivity contribution in [3.8, 4) is 0 Å². The van der Waals surface area contributed by atoms with Gasteiger partial charge < -0.3 is 5.73 Å². The number of thioether (sulfide) groups is 1. The standard InChI is InChI=1S/C16H18N2S/c1-12-4-2-5-13(8-12)10-19-11-14-6-3-7-15(9-14)16(17)18/h2-9H,10-11H2,1H3,(H3,17,18). The summed E-state index contributed by atoms with van der Waals surface area (Å²) in [4.78, 5) is 0. The zero-order valence-corrected chi connectivity index (χ0v) is 11.8. The first kappa shape index (κ1) is 13.7. The maximum atomic E-state index is 7.44. The predicted molar refractivity (Wildman–Crippen MR) is 83.6 cm³/mol. The lowest BCUT2D eigenvalue weighted by Gasteiger charge is -2.05. The van der Waals surface area contributed by atoms with Gasteiger partial charge in [-0.05, 0) is 24.1 Å². The van der Waals surface area contributed by atoms with Gasteiger partial charge in [0.15, 0.2) is 0 Å². The molecule has 19 heavy (non-hydrogen) atoms. The highest BCUT2D eigenvalue weighted by atomic mass is 32.2. The molecule has 0 aliphatic rings. The summed E-state index contributed by atoms with van der Waals surface area (Å²) in [5.74, 6) is 2.08. The second kappa shape index (κ2) is 6.43. The molecular weight excluding hydrogens is 252 g/mol. The topological polar surface area (TPSA) is 49.9 Å². The Kier molecular flexibility index (Phi) is 4.63. The van der Waals surface area contributed by atoms with Crippen LogP contribution in [-0.2, 0) is 11.5 Å². The van der Waals surface area contributed by atoms with E-state index in [0.29, 0.717) is 0 Å². The van der Waals surface area contributed by atoms with Gasteiger partial charge in [-0.3, -0.25) is 5.41 Å². The Balaban J connectivity index is 1.92. The Labute approximate surface area is 118 Å². The molecule has 0 aliphatic heterocycles. The second-order valence-electron chi connectivity index (χ2n) is 4.60. The summed E-state index contributed by atoms with van der Waals surface area (Å²) in [5.41, 5.74) is 10.2. The maximum Gasteiger partial charge on any atom is 0.122 e. The molecule has 0 bridgehead atoms. The van der Waals surface area contributed by atoms with E-state index in [9.17, 15) is 0 Å². The van der Waals surface area contributed by atoms with Crippen LogP contribution in [0.4, 0.5) is 0 Å². The number of hydrogen-bond acceptors (Lipinski definition) is 2. The lowest BCUT2D eigenvalue weighted by atomic mass is 10.1. The van der Waals surface area contributed by atoms with Crippen LogP contribution in [0.2, 0.25) is 0 Å². The number of rotatable bonds is 5. The third-order valence-corrected chi connectivity index (χ3v) is 3.93. The fourth-order valence-electron chi connectivity index (χ4n) is 1.92. The van der Waals surface area contributed by atoms with E-state index in [2.05, 4.69) is 37.3 Å². The maximum absolute atomic E-state index is 7.44. The van der Waals surface area contributed by atoms with E-state index in [1.807, 2.05) is 30.0 Å². The van der Waals surface area contributed by atoms with Crippen molar-refractivity contribution in [3.05, 3.63) is 70.8 Å². The number of aryl methyl sites for hydroxylation is 1. The van der Waals surface area contributed by atoms with Gasteiger partial charge in [0.1, 0.15) is 5.84 Å². The fourth-order valence-corrected chi connectivity index (χ4v) is 2.85. The Morgan fingerprint density at radius 1 is 1.05 bits per heavy atom. The molecule has 0 radical (unpaired) electrons. The van der Waals surface area contributed by atoms with Gasteiger partial charge in [0.05, 0.1) is 0 Å². The summed E-state index contributed by atoms with van der Waals surface area (Å²) in [6.07, 6.45) is 0. The number of nitrogens with one attached hydrogen (secondary N) is 1. The molecule has 0 atom stereocenters. The van der Waals surface area contributed by atoms with E-state index in [1.54, 1.807) is 0 Å². The Morgan fingerprint density at radius 2 is 1.68 bits per heavy atom. The normalized spacial score (nSPS) is 10.4. The number of amidine groups is 1. The molecular formula is C16H18N2S. The average molecular weight is 270 g/mol. The first-order valence-electron chi connectivity index (χ1n) is 6.22. The molecule has 0 saturated carbocycles. The molecule has 0 spiro atoms. The van der Waals surface area contributed by atoms with E-state index in [1.165, 1.54) is 16.7 Å². The molecule has 0 saturated heterocycles. The minimum atomic E-state index is 0.130. The van der Waals surface area contributed by atoms with Crippen molar-refractivity contribution in [2.75, 3.05) is 0 Å². The van der Waals surface area contributed by atoms with Crippen molar-refractivity contribution in [2.24, 2.45) is 5.73 Å². The van der Waals surface area contributed by atoms with Crippen LogP contribution in [0, 0.1) is 12.3 Å². The molecule has 0 fully saturated rings. The van der Waals surface area contributed by atoms with Gasteiger partial charge in [0.2, 0.25) is 0 Å². The van der Waals surface area contributed by atoms with Gasteiger partial charge in [0.25, 0.3) is 0 Å². The molecule has 0 amide bonds. The molecule has 2 aromatic carbocycles. The molecule has 0 aromatic heterocycles. The molecule has 0 aliphatic carbocycles. The van der Waals surface area contributed by atoms with Crippen LogP contribution in [0.5, 0.6) is 0 Å². The van der Waals surface area contributed by atoms with Gasteiger partial charge in [-0.2, -0.15) is 11.8 Å². The summed E-state index contributed by atoms with van der Waals surface area (Å²) in [5, 5.41) is 7.44. The van der Waals surface area contributed by atoms with Crippen molar-refractivity contribution >= 4 is 17.6 Å². The monoisotopic (exact) mass is 270 g/mol. The third-order valence-electron chi connectivity index (χ3n) is 2.86. The molecule has 98 valence electrons. The van der Waals surface area contributed by atoms with E-state index in [0.717, 1.165) is 17.1 Å². The van der Waals surface area contributed by atoms with Crippen molar-refractivity contribution in [1.82, 2.24) is 0 Å². The summed E-state index contributed by atoms with van der Waals surface area (Å²) >= 11 is 1.88. The number of benzene rings is 2. The molecule has 2 aromatic rings. The van der Waals surface area contributed by atoms with Crippen LogP contribution in [0.1, 0.15) is 22.3 Å². The van der Waals surface area contributed by atoms with Crippen molar-refractivity contribution in [3.63, 3.8) is 0 Å². The van der Waals surface area contributed by atoms with Crippen LogP contribution in [0.3, 0.4) is 0 Å². The molecule has 3 heteroatoms. The van der Waals surface area contributed by atoms with E-state index in [4.69, 9.17) is 11.1 Å². The fraction of sp³-hybridized carbons (Fsp3) is 0.188. The summed E-state index contributed by atoms with van der Waals surface area (Å²) in [6, 6.07) is 16.5. The van der Waals surface area contributed by atoms with Crippen molar-refractivity contribution in [2.45, 2.75) is 18.4 Å². The van der Waals surface area contributed by atoms with Crippen molar-refractivity contribution < 1.29 is 0 Å². The zero-order valence-electron chi connectivity index (χ0n) is 11.0. The Hall–Kier alpha value is -1.74. The second-order valence-corrected chi connectivity index (χ2v) is 5.58. The first-order valence-corrected chi connectivity index (χ1v) is 7.37. The van der Waals surface area contributed by atoms with Crippen molar-refractivity contribution in [1.29, 1.82) is 5.41 Å². The molecule has 3 N–H and O–H groups in total. The molecule has 2 nitrogen and oxygen atoms in total. The van der Waals surface area contributed by atoms with Gasteiger partial charge in [-0.25, -0.2) is 0 Å². The molecule has 0 unspecified atom stereocenters. The highest BCUT2D eigenvalue weighted by Gasteiger charge is 2.00. The van der Waals surface area contributed by atoms with Gasteiger partial charge in [0, 0.05) is 17.1 Å². The number of nitrogens with two attached hydrogens (primary N) is 1. The summed E-state index contributed by atoms with van der Waals surface area (Å²) < 4.78 is 0. The minimum Gasteiger partial charge on any atom is -0.384 e.